The first kappa shape index (κ1) is 30.6. The van der Waals surface area contributed by atoms with E-state index in [4.69, 9.17) is 43.5 Å². The molecule has 0 spiro atoms. The number of fused-ring (bicyclic) bond motifs is 20. The van der Waals surface area contributed by atoms with Gasteiger partial charge in [-0.3, -0.25) is 0 Å². The number of rotatable bonds is 2. The number of thioether (sulfide) groups is 2. The molecule has 2 aliphatic heterocycles. The summed E-state index contributed by atoms with van der Waals surface area (Å²) in [4.78, 5) is 42.8. The Hall–Kier alpha value is -4.68. The van der Waals surface area contributed by atoms with Crippen molar-refractivity contribution >= 4 is 67.7 Å². The van der Waals surface area contributed by atoms with Gasteiger partial charge in [0.1, 0.15) is 0 Å². The van der Waals surface area contributed by atoms with Crippen molar-refractivity contribution in [2.45, 2.75) is 23.6 Å². The van der Waals surface area contributed by atoms with Crippen LogP contribution < -0.4 is 9.97 Å². The van der Waals surface area contributed by atoms with Crippen LogP contribution in [0.2, 0.25) is 0 Å². The van der Waals surface area contributed by atoms with Gasteiger partial charge in [-0.15, -0.1) is 23.5 Å². The van der Waals surface area contributed by atoms with E-state index >= 15 is 0 Å². The molecule has 0 aliphatic carbocycles. The molecule has 0 amide bonds. The molecule has 0 atom stereocenters. The van der Waals surface area contributed by atoms with Gasteiger partial charge in [0.2, 0.25) is 0 Å². The fourth-order valence-corrected chi connectivity index (χ4v) is 7.71. The molecule has 0 radical (unpaired) electrons. The second kappa shape index (κ2) is 12.1. The van der Waals surface area contributed by atoms with Crippen molar-refractivity contribution in [2.24, 2.45) is 0 Å². The summed E-state index contributed by atoms with van der Waals surface area (Å²) in [6.07, 6.45) is 4.12. The summed E-state index contributed by atoms with van der Waals surface area (Å²) < 4.78 is 8.19. The molecule has 7 aromatic rings. The van der Waals surface area contributed by atoms with Crippen molar-refractivity contribution in [1.29, 1.82) is 0 Å². The predicted octanol–water partition coefficient (Wildman–Crippen LogP) is 8.07. The minimum absolute atomic E-state index is 0.561. The van der Waals surface area contributed by atoms with E-state index in [0.717, 1.165) is 82.1 Å². The van der Waals surface area contributed by atoms with Crippen LogP contribution >= 0.6 is 23.5 Å². The third kappa shape index (κ3) is 4.72. The summed E-state index contributed by atoms with van der Waals surface area (Å²) >= 11 is 4.38. The molecule has 231 valence electrons. The van der Waals surface area contributed by atoms with Crippen LogP contribution in [0.25, 0.3) is 89.7 Å². The Morgan fingerprint density at radius 1 is 0.500 bits per heavy atom. The zero-order valence-corrected chi connectivity index (χ0v) is 29.2. The Labute approximate surface area is 292 Å². The molecule has 0 saturated heterocycles. The predicted molar refractivity (Wildman–Crippen MR) is 188 cm³/mol. The van der Waals surface area contributed by atoms with Crippen molar-refractivity contribution in [3.63, 3.8) is 0 Å². The number of aromatic nitrogens is 8. The summed E-state index contributed by atoms with van der Waals surface area (Å²) in [5.41, 5.74) is 8.08. The first-order valence-electron chi connectivity index (χ1n) is 15.0. The molecule has 9 nitrogen and oxygen atoms in total. The zero-order valence-electron chi connectivity index (χ0n) is 26.2. The molecule has 0 saturated carbocycles. The van der Waals surface area contributed by atoms with Gasteiger partial charge in [-0.2, -0.15) is 0 Å². The molecule has 5 heterocycles. The maximum atomic E-state index is 8.19. The van der Waals surface area contributed by atoms with Crippen molar-refractivity contribution in [2.75, 3.05) is 12.5 Å². The summed E-state index contributed by atoms with van der Waals surface area (Å²) in [7, 11) is 0. The van der Waals surface area contributed by atoms with Gasteiger partial charge in [-0.1, -0.05) is 60.7 Å². The van der Waals surface area contributed by atoms with E-state index in [1.807, 2.05) is 48.5 Å². The second-order valence-electron chi connectivity index (χ2n) is 11.2. The van der Waals surface area contributed by atoms with E-state index in [1.165, 1.54) is 0 Å². The molecule has 9 rings (SSSR count). The fraction of sp³-hybridized carbons (Fsp3) is 0.111. The first-order chi connectivity index (χ1) is 23.5. The Kier molecular flexibility index (Phi) is 7.72. The van der Waals surface area contributed by atoms with Crippen LogP contribution in [0.3, 0.4) is 0 Å². The average Bonchev–Trinajstić information content (AvgIpc) is 3.85. The molecular formula is C36H24N8OS2V. The van der Waals surface area contributed by atoms with Crippen LogP contribution in [-0.4, -0.2) is 42.4 Å². The zero-order chi connectivity index (χ0) is 33.1. The normalized spacial score (nSPS) is 11.7. The molecule has 12 heteroatoms. The molecule has 3 aromatic heterocycles. The van der Waals surface area contributed by atoms with Crippen molar-refractivity contribution in [1.82, 2.24) is 39.9 Å². The van der Waals surface area contributed by atoms with Gasteiger partial charge in [0, 0.05) is 60.0 Å². The minimum atomic E-state index is 0.561. The topological polar surface area (TPSA) is 123 Å². The monoisotopic (exact) mass is 699 g/mol. The van der Waals surface area contributed by atoms with Crippen LogP contribution in [0.1, 0.15) is 11.1 Å². The summed E-state index contributed by atoms with van der Waals surface area (Å²) in [5, 5.41) is 3.70. The SMILES string of the molecule is CSc1cccc2c1-c1nc-2nc2[n-]c(nc3nc(nc4[n-]c(n1)c1cccc(C)c41)-c1cccc(C)c1-3)c1cccc(SC)c21.[O]=[V+2]. The molecule has 0 unspecified atom stereocenters. The number of hydrogen-bond donors (Lipinski definition) is 0. The van der Waals surface area contributed by atoms with E-state index in [1.54, 1.807) is 23.5 Å². The van der Waals surface area contributed by atoms with E-state index in [0.29, 0.717) is 45.9 Å². The Bertz CT molecular complexity index is 2630. The molecular weight excluding hydrogens is 676 g/mol. The van der Waals surface area contributed by atoms with Crippen LogP contribution in [0, 0.1) is 13.8 Å². The molecule has 8 bridgehead atoms. The molecule has 2 aliphatic rings. The van der Waals surface area contributed by atoms with Crippen molar-refractivity contribution < 1.29 is 21.0 Å². The Morgan fingerprint density at radius 3 is 1.65 bits per heavy atom. The summed E-state index contributed by atoms with van der Waals surface area (Å²) in [6, 6.07) is 24.6. The fourth-order valence-electron chi connectivity index (χ4n) is 6.47. The van der Waals surface area contributed by atoms with Gasteiger partial charge in [-0.25, -0.2) is 9.97 Å². The van der Waals surface area contributed by atoms with Crippen LogP contribution in [0.15, 0.2) is 82.6 Å². The third-order valence-corrected chi connectivity index (χ3v) is 10.2. The molecule has 4 aromatic carbocycles. The van der Waals surface area contributed by atoms with Gasteiger partial charge in [0.15, 0.2) is 0 Å². The molecule has 0 fully saturated rings. The first-order valence-corrected chi connectivity index (χ1v) is 18.0. The van der Waals surface area contributed by atoms with E-state index in [-0.39, 0.29) is 0 Å². The van der Waals surface area contributed by atoms with Crippen molar-refractivity contribution in [3.05, 3.63) is 83.9 Å². The van der Waals surface area contributed by atoms with Crippen LogP contribution in [-0.2, 0) is 21.0 Å². The quantitative estimate of drug-likeness (QED) is 0.163. The van der Waals surface area contributed by atoms with Gasteiger partial charge in [0.25, 0.3) is 0 Å². The number of nitrogens with zero attached hydrogens (tertiary/aromatic N) is 8. The number of hydrogen-bond acceptors (Lipinski definition) is 9. The van der Waals surface area contributed by atoms with Gasteiger partial charge >= 0.3 is 21.0 Å². The Balaban J connectivity index is 0.00000165. The third-order valence-electron chi connectivity index (χ3n) is 8.59. The van der Waals surface area contributed by atoms with Crippen molar-refractivity contribution in [3.8, 4) is 45.6 Å². The van der Waals surface area contributed by atoms with Gasteiger partial charge in [0.05, 0.1) is 23.3 Å². The second-order valence-corrected chi connectivity index (χ2v) is 12.9. The Morgan fingerprint density at radius 2 is 0.979 bits per heavy atom. The van der Waals surface area contributed by atoms with E-state index in [9.17, 15) is 0 Å². The molecule has 48 heavy (non-hydrogen) atoms. The number of aryl methyl sites for hydroxylation is 2. The van der Waals surface area contributed by atoms with Crippen LogP contribution in [0.4, 0.5) is 0 Å². The summed E-state index contributed by atoms with van der Waals surface area (Å²) in [5.74, 6) is 2.26. The molecule has 0 N–H and O–H groups in total. The average molecular weight is 700 g/mol. The van der Waals surface area contributed by atoms with E-state index < -0.39 is 0 Å². The summed E-state index contributed by atoms with van der Waals surface area (Å²) in [6.45, 7) is 4.14. The van der Waals surface area contributed by atoms with Crippen LogP contribution in [0.5, 0.6) is 0 Å². The van der Waals surface area contributed by atoms with Gasteiger partial charge in [-0.05, 0) is 65.8 Å². The van der Waals surface area contributed by atoms with Gasteiger partial charge < -0.3 is 29.9 Å². The maximum absolute atomic E-state index is 8.19. The van der Waals surface area contributed by atoms with E-state index in [2.05, 4.69) is 50.6 Å². The standard InChI is InChI=1S/C36H24N8S2.O.V/c1-17-9-5-11-19-25(17)34-38-29(19)37-33-26-18(2)10-6-12-20(26)30(39-33)41-35-28-22(14-8-16-24(28)46-4)32(43-35)44-36-27-21(31(40-34)42-36)13-7-15-23(27)45-3;;/h5-16H,1-4H3;;/q-2;;+2. The number of benzene rings is 4.